The SMILES string of the molecule is C=CCc1ccccc1CC=C.N=C=O.N=C=O. The smallest absolute Gasteiger partial charge is 0.222 e. The molecule has 0 atom stereocenters. The number of nitrogens with one attached hydrogen (secondary N) is 2. The molecular formula is C14H16N2O2. The quantitative estimate of drug-likeness (QED) is 0.485. The second kappa shape index (κ2) is 14.5. The summed E-state index contributed by atoms with van der Waals surface area (Å²) in [5.74, 6) is 0. The van der Waals surface area contributed by atoms with E-state index >= 15 is 0 Å². The van der Waals surface area contributed by atoms with E-state index in [1.165, 1.54) is 11.1 Å². The third-order valence-electron chi connectivity index (χ3n) is 1.85. The van der Waals surface area contributed by atoms with Crippen molar-refractivity contribution in [3.8, 4) is 0 Å². The second-order valence-corrected chi connectivity index (χ2v) is 2.96. The van der Waals surface area contributed by atoms with Crippen molar-refractivity contribution in [3.63, 3.8) is 0 Å². The molecule has 0 aromatic heterocycles. The van der Waals surface area contributed by atoms with Crippen LogP contribution in [0.25, 0.3) is 0 Å². The lowest BCUT2D eigenvalue weighted by molar-refractivity contribution is 0.562. The normalized spacial score (nSPS) is 7.11. The highest BCUT2D eigenvalue weighted by Gasteiger charge is 1.96. The summed E-state index contributed by atoms with van der Waals surface area (Å²) in [4.78, 5) is 16.7. The highest BCUT2D eigenvalue weighted by molar-refractivity contribution is 5.30. The summed E-state index contributed by atoms with van der Waals surface area (Å²) < 4.78 is 0. The van der Waals surface area contributed by atoms with E-state index in [-0.39, 0.29) is 0 Å². The van der Waals surface area contributed by atoms with E-state index in [2.05, 4.69) is 37.4 Å². The molecule has 0 unspecified atom stereocenters. The number of benzene rings is 1. The molecule has 0 fully saturated rings. The number of hydrogen-bond acceptors (Lipinski definition) is 4. The average Bonchev–Trinajstić information content (AvgIpc) is 2.34. The summed E-state index contributed by atoms with van der Waals surface area (Å²) in [6.45, 7) is 7.46. The van der Waals surface area contributed by atoms with Gasteiger partial charge in [-0.1, -0.05) is 36.4 Å². The zero-order valence-corrected chi connectivity index (χ0v) is 10.1. The highest BCUT2D eigenvalue weighted by Crippen LogP contribution is 2.10. The van der Waals surface area contributed by atoms with Crippen LogP contribution in [0.3, 0.4) is 0 Å². The Kier molecular flexibility index (Phi) is 14.3. The van der Waals surface area contributed by atoms with Crippen LogP contribution < -0.4 is 0 Å². The molecule has 1 aromatic rings. The number of rotatable bonds is 4. The van der Waals surface area contributed by atoms with Crippen LogP contribution in [0.4, 0.5) is 0 Å². The third-order valence-corrected chi connectivity index (χ3v) is 1.85. The Bertz CT molecular complexity index is 386. The van der Waals surface area contributed by atoms with Crippen LogP contribution in [0, 0.1) is 10.8 Å². The molecule has 0 amide bonds. The van der Waals surface area contributed by atoms with Crippen molar-refractivity contribution in [2.24, 2.45) is 0 Å². The van der Waals surface area contributed by atoms with Crippen molar-refractivity contribution < 1.29 is 9.59 Å². The summed E-state index contributed by atoms with van der Waals surface area (Å²) in [5.41, 5.74) is 2.71. The Labute approximate surface area is 107 Å². The number of isocyanates is 2. The van der Waals surface area contributed by atoms with E-state index in [1.54, 1.807) is 0 Å². The molecule has 4 heteroatoms. The fourth-order valence-electron chi connectivity index (χ4n) is 1.27. The molecule has 0 aliphatic heterocycles. The lowest BCUT2D eigenvalue weighted by atomic mass is 10.0. The lowest BCUT2D eigenvalue weighted by Crippen LogP contribution is -1.89. The molecule has 1 rings (SSSR count). The fourth-order valence-corrected chi connectivity index (χ4v) is 1.27. The zero-order chi connectivity index (χ0) is 14.2. The molecule has 18 heavy (non-hydrogen) atoms. The Morgan fingerprint density at radius 1 is 0.944 bits per heavy atom. The van der Waals surface area contributed by atoms with Crippen molar-refractivity contribution in [1.82, 2.24) is 0 Å². The Hall–Kier alpha value is -2.54. The standard InChI is InChI=1S/C12H14.2CHNO/c1-3-7-11-9-5-6-10-12(11)8-4-2;2*2-1-3/h3-6,9-10H,1-2,7-8H2;2*2H. The first-order chi connectivity index (χ1) is 8.71. The van der Waals surface area contributed by atoms with Gasteiger partial charge >= 0.3 is 0 Å². The topological polar surface area (TPSA) is 81.8 Å². The Balaban J connectivity index is 0. The minimum atomic E-state index is 0.750. The predicted molar refractivity (Wildman–Crippen MR) is 71.1 cm³/mol. The molecule has 0 saturated heterocycles. The van der Waals surface area contributed by atoms with Gasteiger partial charge in [-0.15, -0.1) is 13.2 Å². The fraction of sp³-hybridized carbons (Fsp3) is 0.143. The van der Waals surface area contributed by atoms with E-state index in [9.17, 15) is 0 Å². The molecule has 0 bridgehead atoms. The van der Waals surface area contributed by atoms with Crippen LogP contribution in [0.15, 0.2) is 49.6 Å². The largest absolute Gasteiger partial charge is 0.231 e. The van der Waals surface area contributed by atoms with E-state index < -0.39 is 0 Å². The number of hydrogen-bond donors (Lipinski definition) is 2. The van der Waals surface area contributed by atoms with Crippen LogP contribution in [0.1, 0.15) is 11.1 Å². The Morgan fingerprint density at radius 3 is 1.44 bits per heavy atom. The first-order valence-corrected chi connectivity index (χ1v) is 5.08. The summed E-state index contributed by atoms with van der Waals surface area (Å²) in [6, 6.07) is 8.40. The minimum Gasteiger partial charge on any atom is -0.222 e. The maximum Gasteiger partial charge on any atom is 0.231 e. The minimum absolute atomic E-state index is 0.750. The van der Waals surface area contributed by atoms with E-state index in [0.717, 1.165) is 25.0 Å². The molecule has 1 aromatic carbocycles. The summed E-state index contributed by atoms with van der Waals surface area (Å²) in [6.07, 6.45) is 7.26. The van der Waals surface area contributed by atoms with Gasteiger partial charge in [0.25, 0.3) is 0 Å². The van der Waals surface area contributed by atoms with Gasteiger partial charge in [0.2, 0.25) is 12.2 Å². The van der Waals surface area contributed by atoms with Crippen LogP contribution in [-0.2, 0) is 22.4 Å². The summed E-state index contributed by atoms with van der Waals surface area (Å²) >= 11 is 0. The van der Waals surface area contributed by atoms with Gasteiger partial charge < -0.3 is 0 Å². The van der Waals surface area contributed by atoms with Gasteiger partial charge in [0, 0.05) is 0 Å². The highest BCUT2D eigenvalue weighted by atomic mass is 16.1. The van der Waals surface area contributed by atoms with E-state index in [1.807, 2.05) is 12.2 Å². The molecule has 0 radical (unpaired) electrons. The molecule has 0 saturated carbocycles. The molecule has 0 spiro atoms. The van der Waals surface area contributed by atoms with Gasteiger partial charge in [-0.3, -0.25) is 0 Å². The van der Waals surface area contributed by atoms with Gasteiger partial charge in [0.15, 0.2) is 0 Å². The van der Waals surface area contributed by atoms with Gasteiger partial charge in [-0.05, 0) is 24.0 Å². The number of allylic oxidation sites excluding steroid dienone is 2. The maximum atomic E-state index is 8.35. The Morgan fingerprint density at radius 2 is 1.22 bits per heavy atom. The van der Waals surface area contributed by atoms with Crippen LogP contribution in [0.5, 0.6) is 0 Å². The van der Waals surface area contributed by atoms with Gasteiger partial charge in [-0.25, -0.2) is 20.4 Å². The summed E-state index contributed by atoms with van der Waals surface area (Å²) in [5, 5.41) is 10.8. The van der Waals surface area contributed by atoms with Crippen molar-refractivity contribution in [2.45, 2.75) is 12.8 Å². The van der Waals surface area contributed by atoms with Crippen LogP contribution in [-0.4, -0.2) is 12.2 Å². The van der Waals surface area contributed by atoms with Gasteiger partial charge in [-0.2, -0.15) is 0 Å². The van der Waals surface area contributed by atoms with Crippen molar-refractivity contribution >= 4 is 12.2 Å². The first kappa shape index (κ1) is 17.8. The van der Waals surface area contributed by atoms with Crippen molar-refractivity contribution in [3.05, 3.63) is 60.7 Å². The molecular weight excluding hydrogens is 228 g/mol. The predicted octanol–water partition coefficient (Wildman–Crippen LogP) is 2.95. The number of carbonyl (C=O) groups excluding carboxylic acids is 2. The molecule has 2 N–H and O–H groups in total. The van der Waals surface area contributed by atoms with Gasteiger partial charge in [0.1, 0.15) is 0 Å². The van der Waals surface area contributed by atoms with E-state index in [4.69, 9.17) is 20.4 Å². The van der Waals surface area contributed by atoms with Gasteiger partial charge in [0.05, 0.1) is 0 Å². The monoisotopic (exact) mass is 244 g/mol. The average molecular weight is 244 g/mol. The molecule has 0 aliphatic rings. The second-order valence-electron chi connectivity index (χ2n) is 2.96. The van der Waals surface area contributed by atoms with Crippen molar-refractivity contribution in [2.75, 3.05) is 0 Å². The molecule has 0 aliphatic carbocycles. The van der Waals surface area contributed by atoms with E-state index in [0.29, 0.717) is 0 Å². The maximum absolute atomic E-state index is 8.35. The van der Waals surface area contributed by atoms with Crippen LogP contribution >= 0.6 is 0 Å². The lowest BCUT2D eigenvalue weighted by Gasteiger charge is -2.03. The summed E-state index contributed by atoms with van der Waals surface area (Å²) in [7, 11) is 0. The molecule has 0 heterocycles. The molecule has 4 nitrogen and oxygen atoms in total. The zero-order valence-electron chi connectivity index (χ0n) is 10.1. The molecule has 94 valence electrons. The third kappa shape index (κ3) is 9.99. The van der Waals surface area contributed by atoms with Crippen LogP contribution in [0.2, 0.25) is 0 Å². The first-order valence-electron chi connectivity index (χ1n) is 5.08. The van der Waals surface area contributed by atoms with Crippen molar-refractivity contribution in [1.29, 1.82) is 10.8 Å².